The van der Waals surface area contributed by atoms with E-state index in [4.69, 9.17) is 16.3 Å². The summed E-state index contributed by atoms with van der Waals surface area (Å²) >= 11 is 5.67. The summed E-state index contributed by atoms with van der Waals surface area (Å²) in [7, 11) is 0. The van der Waals surface area contributed by atoms with E-state index in [1.807, 2.05) is 13.0 Å². The van der Waals surface area contributed by atoms with Crippen molar-refractivity contribution in [3.05, 3.63) is 52.9 Å². The largest absolute Gasteiger partial charge is 0.452 e. The maximum Gasteiger partial charge on any atom is 0.338 e. The summed E-state index contributed by atoms with van der Waals surface area (Å²) in [6.07, 6.45) is 1.38. The molecule has 2 aromatic rings. The van der Waals surface area contributed by atoms with Crippen LogP contribution in [0.4, 0.5) is 5.82 Å². The Morgan fingerprint density at radius 3 is 2.86 bits per heavy atom. The Hall–Kier alpha value is -2.47. The number of anilines is 1. The van der Waals surface area contributed by atoms with Crippen LogP contribution in [0.5, 0.6) is 0 Å². The summed E-state index contributed by atoms with van der Waals surface area (Å²) in [5.74, 6) is -0.712. The zero-order chi connectivity index (χ0) is 15.2. The smallest absolute Gasteiger partial charge is 0.338 e. The van der Waals surface area contributed by atoms with Crippen LogP contribution in [0.15, 0.2) is 36.5 Å². The van der Waals surface area contributed by atoms with E-state index in [-0.39, 0.29) is 10.7 Å². The summed E-state index contributed by atoms with van der Waals surface area (Å²) < 4.78 is 4.88. The molecule has 2 heterocycles. The number of halogens is 1. The van der Waals surface area contributed by atoms with Crippen molar-refractivity contribution in [2.45, 2.75) is 6.92 Å². The van der Waals surface area contributed by atoms with Crippen LogP contribution in [0.2, 0.25) is 5.15 Å². The van der Waals surface area contributed by atoms with E-state index >= 15 is 0 Å². The third-order valence-corrected chi connectivity index (χ3v) is 2.66. The summed E-state index contributed by atoms with van der Waals surface area (Å²) in [4.78, 5) is 31.2. The van der Waals surface area contributed by atoms with Gasteiger partial charge in [-0.15, -0.1) is 0 Å². The van der Waals surface area contributed by atoms with Crippen LogP contribution >= 0.6 is 11.6 Å². The lowest BCUT2D eigenvalue weighted by Crippen LogP contribution is -2.21. The molecule has 6 nitrogen and oxygen atoms in total. The number of hydrogen-bond acceptors (Lipinski definition) is 5. The summed E-state index contributed by atoms with van der Waals surface area (Å²) in [6.45, 7) is 1.40. The molecule has 0 radical (unpaired) electrons. The first kappa shape index (κ1) is 14.9. The number of amides is 1. The van der Waals surface area contributed by atoms with Gasteiger partial charge in [0.05, 0.1) is 5.56 Å². The Kier molecular flexibility index (Phi) is 4.84. The van der Waals surface area contributed by atoms with Gasteiger partial charge in [0.25, 0.3) is 5.91 Å². The average Bonchev–Trinajstić information content (AvgIpc) is 2.45. The fraction of sp³-hybridized carbons (Fsp3) is 0.143. The molecule has 0 aliphatic heterocycles. The van der Waals surface area contributed by atoms with Crippen LogP contribution in [-0.4, -0.2) is 28.5 Å². The Balaban J connectivity index is 1.88. The molecule has 108 valence electrons. The van der Waals surface area contributed by atoms with E-state index < -0.39 is 18.5 Å². The van der Waals surface area contributed by atoms with Gasteiger partial charge in [0.15, 0.2) is 6.61 Å². The predicted octanol–water partition coefficient (Wildman–Crippen LogP) is 2.23. The number of nitrogens with one attached hydrogen (secondary N) is 1. The number of rotatable bonds is 4. The van der Waals surface area contributed by atoms with Gasteiger partial charge in [-0.05, 0) is 31.2 Å². The molecule has 0 aliphatic carbocycles. The van der Waals surface area contributed by atoms with Gasteiger partial charge in [-0.2, -0.15) is 0 Å². The number of ether oxygens (including phenoxy) is 1. The second kappa shape index (κ2) is 6.81. The molecule has 0 aliphatic rings. The number of carbonyl (C=O) groups is 2. The lowest BCUT2D eigenvalue weighted by Gasteiger charge is -2.06. The number of aryl methyl sites for hydroxylation is 1. The number of carbonyl (C=O) groups excluding carboxylic acids is 2. The molecular formula is C14H12ClN3O3. The second-order valence-electron chi connectivity index (χ2n) is 4.16. The molecule has 1 N–H and O–H groups in total. The van der Waals surface area contributed by atoms with Gasteiger partial charge in [0, 0.05) is 11.9 Å². The number of aromatic nitrogens is 2. The van der Waals surface area contributed by atoms with E-state index in [0.717, 1.165) is 5.69 Å². The van der Waals surface area contributed by atoms with Crippen LogP contribution in [0.1, 0.15) is 16.1 Å². The molecule has 1 amide bonds. The molecule has 7 heteroatoms. The molecule has 0 aromatic carbocycles. The Bertz CT molecular complexity index is 676. The number of pyridine rings is 2. The molecule has 2 aromatic heterocycles. The van der Waals surface area contributed by atoms with Crippen molar-refractivity contribution in [2.75, 3.05) is 11.9 Å². The molecule has 21 heavy (non-hydrogen) atoms. The second-order valence-corrected chi connectivity index (χ2v) is 4.54. The highest BCUT2D eigenvalue weighted by Gasteiger charge is 2.11. The van der Waals surface area contributed by atoms with Crippen molar-refractivity contribution in [2.24, 2.45) is 0 Å². The normalized spacial score (nSPS) is 10.0. The van der Waals surface area contributed by atoms with E-state index in [9.17, 15) is 9.59 Å². The molecule has 2 rings (SSSR count). The van der Waals surface area contributed by atoms with Crippen molar-refractivity contribution < 1.29 is 14.3 Å². The molecule has 0 saturated carbocycles. The van der Waals surface area contributed by atoms with Gasteiger partial charge in [-0.1, -0.05) is 17.7 Å². The molecule has 0 saturated heterocycles. The minimum atomic E-state index is -0.647. The zero-order valence-electron chi connectivity index (χ0n) is 11.2. The zero-order valence-corrected chi connectivity index (χ0v) is 11.9. The summed E-state index contributed by atoms with van der Waals surface area (Å²) in [5.41, 5.74) is 1.01. The van der Waals surface area contributed by atoms with E-state index in [0.29, 0.717) is 5.82 Å². The monoisotopic (exact) mass is 305 g/mol. The maximum atomic E-state index is 11.7. The van der Waals surface area contributed by atoms with Gasteiger partial charge in [0.1, 0.15) is 11.0 Å². The summed E-state index contributed by atoms with van der Waals surface area (Å²) in [6, 6.07) is 8.04. The SMILES string of the molecule is Cc1cccc(NC(=O)COC(=O)c2ccnc(Cl)c2)n1. The third-order valence-electron chi connectivity index (χ3n) is 2.45. The van der Waals surface area contributed by atoms with Crippen molar-refractivity contribution >= 4 is 29.3 Å². The number of esters is 1. The highest BCUT2D eigenvalue weighted by molar-refractivity contribution is 6.29. The van der Waals surface area contributed by atoms with Crippen molar-refractivity contribution in [1.29, 1.82) is 0 Å². The predicted molar refractivity (Wildman–Crippen MR) is 77.1 cm³/mol. The van der Waals surface area contributed by atoms with E-state index in [2.05, 4.69) is 15.3 Å². The fourth-order valence-electron chi connectivity index (χ4n) is 1.54. The van der Waals surface area contributed by atoms with Gasteiger partial charge in [-0.3, -0.25) is 4.79 Å². The van der Waals surface area contributed by atoms with Gasteiger partial charge in [0.2, 0.25) is 0 Å². The first-order valence-electron chi connectivity index (χ1n) is 6.07. The molecule has 0 fully saturated rings. The van der Waals surface area contributed by atoms with Crippen LogP contribution in [0.3, 0.4) is 0 Å². The van der Waals surface area contributed by atoms with Crippen molar-refractivity contribution in [3.63, 3.8) is 0 Å². The Morgan fingerprint density at radius 2 is 2.14 bits per heavy atom. The van der Waals surface area contributed by atoms with E-state index in [1.54, 1.807) is 12.1 Å². The molecule has 0 bridgehead atoms. The molecule has 0 atom stereocenters. The topological polar surface area (TPSA) is 81.2 Å². The third kappa shape index (κ3) is 4.54. The maximum absolute atomic E-state index is 11.7. The average molecular weight is 306 g/mol. The molecule has 0 unspecified atom stereocenters. The Labute approximate surface area is 126 Å². The lowest BCUT2D eigenvalue weighted by atomic mass is 10.3. The first-order valence-corrected chi connectivity index (χ1v) is 6.44. The van der Waals surface area contributed by atoms with Gasteiger partial charge >= 0.3 is 5.97 Å². The number of hydrogen-bond donors (Lipinski definition) is 1. The van der Waals surface area contributed by atoms with Crippen LogP contribution in [-0.2, 0) is 9.53 Å². The van der Waals surface area contributed by atoms with Crippen molar-refractivity contribution in [3.8, 4) is 0 Å². The first-order chi connectivity index (χ1) is 10.0. The van der Waals surface area contributed by atoms with Crippen LogP contribution in [0.25, 0.3) is 0 Å². The highest BCUT2D eigenvalue weighted by atomic mass is 35.5. The van der Waals surface area contributed by atoms with Crippen LogP contribution < -0.4 is 5.32 Å². The van der Waals surface area contributed by atoms with Crippen LogP contribution in [0, 0.1) is 6.92 Å². The van der Waals surface area contributed by atoms with Gasteiger partial charge in [-0.25, -0.2) is 14.8 Å². The Morgan fingerprint density at radius 1 is 1.33 bits per heavy atom. The fourth-order valence-corrected chi connectivity index (χ4v) is 1.71. The summed E-state index contributed by atoms with van der Waals surface area (Å²) in [5, 5.41) is 2.71. The number of nitrogens with zero attached hydrogens (tertiary/aromatic N) is 2. The van der Waals surface area contributed by atoms with Crippen molar-refractivity contribution in [1.82, 2.24) is 9.97 Å². The quantitative estimate of drug-likeness (QED) is 0.692. The molecule has 0 spiro atoms. The minimum absolute atomic E-state index is 0.179. The minimum Gasteiger partial charge on any atom is -0.452 e. The van der Waals surface area contributed by atoms with E-state index in [1.165, 1.54) is 18.3 Å². The van der Waals surface area contributed by atoms with Gasteiger partial charge < -0.3 is 10.1 Å². The standard InChI is InChI=1S/C14H12ClN3O3/c1-9-3-2-4-12(17-9)18-13(19)8-21-14(20)10-5-6-16-11(15)7-10/h2-7H,8H2,1H3,(H,17,18,19). The highest BCUT2D eigenvalue weighted by Crippen LogP contribution is 2.08. The lowest BCUT2D eigenvalue weighted by molar-refractivity contribution is -0.119. The molecular weight excluding hydrogens is 294 g/mol.